The maximum atomic E-state index is 3.75. The van der Waals surface area contributed by atoms with E-state index in [0.717, 1.165) is 19.1 Å². The average Bonchev–Trinajstić information content (AvgIpc) is 2.82. The molecule has 4 heteroatoms. The minimum absolute atomic E-state index is 0.586. The lowest BCUT2D eigenvalue weighted by molar-refractivity contribution is 0.231. The minimum Gasteiger partial charge on any atom is -0.312 e. The van der Waals surface area contributed by atoms with Gasteiger partial charge < -0.3 is 5.32 Å². The molecule has 0 radical (unpaired) electrons. The Bertz CT molecular complexity index is 374. The van der Waals surface area contributed by atoms with Crippen LogP contribution in [0, 0.1) is 0 Å². The normalized spacial score (nSPS) is 18.9. The summed E-state index contributed by atoms with van der Waals surface area (Å²) in [5.74, 6) is 0. The molecule has 1 N–H and O–H groups in total. The second-order valence-electron chi connectivity index (χ2n) is 5.74. The lowest BCUT2D eigenvalue weighted by Crippen LogP contribution is -2.42. The summed E-state index contributed by atoms with van der Waals surface area (Å²) in [6.45, 7) is 4.47. The van der Waals surface area contributed by atoms with Crippen LogP contribution < -0.4 is 5.32 Å². The van der Waals surface area contributed by atoms with Crippen molar-refractivity contribution >= 4 is 27.3 Å². The van der Waals surface area contributed by atoms with E-state index in [1.165, 1.54) is 41.5 Å². The molecule has 1 aliphatic rings. The molecule has 0 bridgehead atoms. The second-order valence-corrected chi connectivity index (χ2v) is 7.65. The summed E-state index contributed by atoms with van der Waals surface area (Å²) < 4.78 is 1.20. The Morgan fingerprint density at radius 1 is 1.42 bits per heavy atom. The van der Waals surface area contributed by atoms with Gasteiger partial charge in [-0.2, -0.15) is 0 Å². The number of hydrogen-bond acceptors (Lipinski definition) is 3. The van der Waals surface area contributed by atoms with Crippen LogP contribution in [0.15, 0.2) is 15.9 Å². The molecule has 2 rings (SSSR count). The van der Waals surface area contributed by atoms with Crippen LogP contribution in [0.3, 0.4) is 0 Å². The summed E-state index contributed by atoms with van der Waals surface area (Å²) >= 11 is 5.35. The monoisotopic (exact) mass is 344 g/mol. The highest BCUT2D eigenvalue weighted by molar-refractivity contribution is 9.10. The lowest BCUT2D eigenvalue weighted by Gasteiger charge is -2.28. The van der Waals surface area contributed by atoms with E-state index in [0.29, 0.717) is 6.04 Å². The third-order valence-corrected chi connectivity index (χ3v) is 5.77. The fourth-order valence-electron chi connectivity index (χ4n) is 2.64. The Labute approximate surface area is 129 Å². The van der Waals surface area contributed by atoms with E-state index < -0.39 is 0 Å². The van der Waals surface area contributed by atoms with Crippen LogP contribution in [0.4, 0.5) is 0 Å². The molecular weight excluding hydrogens is 320 g/mol. The molecule has 0 amide bonds. The van der Waals surface area contributed by atoms with Gasteiger partial charge in [0.2, 0.25) is 0 Å². The molecule has 1 atom stereocenters. The molecule has 19 heavy (non-hydrogen) atoms. The number of thiophene rings is 1. The number of nitrogens with zero attached hydrogens (tertiary/aromatic N) is 1. The highest BCUT2D eigenvalue weighted by Crippen LogP contribution is 2.21. The van der Waals surface area contributed by atoms with Gasteiger partial charge in [0.05, 0.1) is 0 Å². The number of halogens is 1. The zero-order valence-corrected chi connectivity index (χ0v) is 14.4. The molecule has 108 valence electrons. The molecule has 0 spiro atoms. The Kier molecular flexibility index (Phi) is 6.33. The maximum absolute atomic E-state index is 3.75. The lowest BCUT2D eigenvalue weighted by atomic mass is 9.95. The van der Waals surface area contributed by atoms with Crippen molar-refractivity contribution in [3.8, 4) is 0 Å². The predicted molar refractivity (Wildman–Crippen MR) is 87.8 cm³/mol. The van der Waals surface area contributed by atoms with Crippen molar-refractivity contribution in [2.24, 2.45) is 0 Å². The van der Waals surface area contributed by atoms with Crippen molar-refractivity contribution in [2.75, 3.05) is 13.6 Å². The van der Waals surface area contributed by atoms with Crippen LogP contribution >= 0.6 is 27.3 Å². The van der Waals surface area contributed by atoms with Gasteiger partial charge >= 0.3 is 0 Å². The van der Waals surface area contributed by atoms with Crippen molar-refractivity contribution in [2.45, 2.75) is 57.7 Å². The SMILES string of the molecule is CC(CNC1CCCCC1)N(C)Cc1cc(Br)cs1. The summed E-state index contributed by atoms with van der Waals surface area (Å²) in [5.41, 5.74) is 0. The topological polar surface area (TPSA) is 15.3 Å². The van der Waals surface area contributed by atoms with Crippen molar-refractivity contribution in [3.63, 3.8) is 0 Å². The zero-order valence-electron chi connectivity index (χ0n) is 12.0. The first kappa shape index (κ1) is 15.5. The summed E-state index contributed by atoms with van der Waals surface area (Å²) in [4.78, 5) is 3.87. The van der Waals surface area contributed by atoms with Gasteiger partial charge in [0.15, 0.2) is 0 Å². The van der Waals surface area contributed by atoms with E-state index >= 15 is 0 Å². The second kappa shape index (κ2) is 7.77. The van der Waals surface area contributed by atoms with Gasteiger partial charge in [-0.3, -0.25) is 4.90 Å². The molecule has 1 unspecified atom stereocenters. The van der Waals surface area contributed by atoms with Crippen LogP contribution in [-0.2, 0) is 6.54 Å². The summed E-state index contributed by atoms with van der Waals surface area (Å²) in [5, 5.41) is 5.91. The van der Waals surface area contributed by atoms with Gasteiger partial charge in [0.1, 0.15) is 0 Å². The number of nitrogens with one attached hydrogen (secondary N) is 1. The highest BCUT2D eigenvalue weighted by atomic mass is 79.9. The Morgan fingerprint density at radius 3 is 2.79 bits per heavy atom. The largest absolute Gasteiger partial charge is 0.312 e. The number of rotatable bonds is 6. The standard InChI is InChI=1S/C15H25BrN2S/c1-12(9-17-14-6-4-3-5-7-14)18(2)10-15-8-13(16)11-19-15/h8,11-12,14,17H,3-7,9-10H2,1-2H3. The first-order valence-electron chi connectivity index (χ1n) is 7.31. The molecule has 1 heterocycles. The molecule has 1 fully saturated rings. The Balaban J connectivity index is 1.70. The zero-order chi connectivity index (χ0) is 13.7. The van der Waals surface area contributed by atoms with Gasteiger partial charge in [-0.25, -0.2) is 0 Å². The van der Waals surface area contributed by atoms with Gasteiger partial charge in [-0.1, -0.05) is 19.3 Å². The first-order valence-corrected chi connectivity index (χ1v) is 8.99. The summed E-state index contributed by atoms with van der Waals surface area (Å²) in [7, 11) is 2.22. The molecule has 2 nitrogen and oxygen atoms in total. The third-order valence-electron chi connectivity index (χ3n) is 4.09. The van der Waals surface area contributed by atoms with Gasteiger partial charge in [0.25, 0.3) is 0 Å². The smallest absolute Gasteiger partial charge is 0.0328 e. The van der Waals surface area contributed by atoms with E-state index in [1.54, 1.807) is 0 Å². The average molecular weight is 345 g/mol. The molecule has 0 aromatic carbocycles. The Morgan fingerprint density at radius 2 is 2.16 bits per heavy atom. The van der Waals surface area contributed by atoms with Gasteiger partial charge in [0, 0.05) is 39.9 Å². The van der Waals surface area contributed by atoms with Crippen molar-refractivity contribution < 1.29 is 0 Å². The third kappa shape index (κ3) is 5.18. The molecule has 1 aromatic heterocycles. The van der Waals surface area contributed by atoms with Crippen molar-refractivity contribution in [1.82, 2.24) is 10.2 Å². The van der Waals surface area contributed by atoms with Crippen molar-refractivity contribution in [1.29, 1.82) is 0 Å². The first-order chi connectivity index (χ1) is 9.15. The quantitative estimate of drug-likeness (QED) is 0.829. The van der Waals surface area contributed by atoms with Gasteiger partial charge in [-0.15, -0.1) is 11.3 Å². The predicted octanol–water partition coefficient (Wildman–Crippen LogP) is 4.25. The number of hydrogen-bond donors (Lipinski definition) is 1. The van der Waals surface area contributed by atoms with Crippen LogP contribution in [0.1, 0.15) is 43.9 Å². The van der Waals surface area contributed by atoms with Crippen LogP contribution in [0.2, 0.25) is 0 Å². The maximum Gasteiger partial charge on any atom is 0.0328 e. The molecule has 1 aromatic rings. The van der Waals surface area contributed by atoms with E-state index in [1.807, 2.05) is 11.3 Å². The molecule has 1 saturated carbocycles. The molecule has 1 aliphatic carbocycles. The molecule has 0 aliphatic heterocycles. The van der Waals surface area contributed by atoms with Crippen LogP contribution in [0.5, 0.6) is 0 Å². The van der Waals surface area contributed by atoms with E-state index in [9.17, 15) is 0 Å². The van der Waals surface area contributed by atoms with E-state index in [4.69, 9.17) is 0 Å². The Hall–Kier alpha value is 0.1000. The van der Waals surface area contributed by atoms with Crippen LogP contribution in [0.25, 0.3) is 0 Å². The fourth-order valence-corrected chi connectivity index (χ4v) is 4.15. The fraction of sp³-hybridized carbons (Fsp3) is 0.733. The minimum atomic E-state index is 0.586. The van der Waals surface area contributed by atoms with Crippen LogP contribution in [-0.4, -0.2) is 30.6 Å². The van der Waals surface area contributed by atoms with Crippen molar-refractivity contribution in [3.05, 3.63) is 20.8 Å². The summed E-state index contributed by atoms with van der Waals surface area (Å²) in [6, 6.07) is 3.57. The van der Waals surface area contributed by atoms with Gasteiger partial charge in [-0.05, 0) is 48.8 Å². The van der Waals surface area contributed by atoms with E-state index in [2.05, 4.69) is 51.6 Å². The van der Waals surface area contributed by atoms with E-state index in [-0.39, 0.29) is 0 Å². The number of likely N-dealkylation sites (N-methyl/N-ethyl adjacent to an activating group) is 1. The highest BCUT2D eigenvalue weighted by Gasteiger charge is 2.15. The summed E-state index contributed by atoms with van der Waals surface area (Å²) in [6.07, 6.45) is 6.99. The molecular formula is C15H25BrN2S. The molecule has 0 saturated heterocycles.